The normalized spacial score (nSPS) is 29.7. The van der Waals surface area contributed by atoms with Gasteiger partial charge in [0.05, 0.1) is 12.0 Å². The van der Waals surface area contributed by atoms with Crippen molar-refractivity contribution in [2.75, 3.05) is 19.6 Å². The Hall–Kier alpha value is -1.49. The molecule has 0 bridgehead atoms. The first-order valence-corrected chi connectivity index (χ1v) is 9.06. The molecule has 3 aliphatic rings. The van der Waals surface area contributed by atoms with E-state index < -0.39 is 0 Å². The Morgan fingerprint density at radius 1 is 1.09 bits per heavy atom. The van der Waals surface area contributed by atoms with E-state index >= 15 is 0 Å². The molecule has 3 heterocycles. The zero-order chi connectivity index (χ0) is 15.7. The number of carbonyl (C=O) groups is 1. The van der Waals surface area contributed by atoms with Gasteiger partial charge in [0.2, 0.25) is 5.91 Å². The minimum atomic E-state index is -0.129. The molecule has 5 heteroatoms. The van der Waals surface area contributed by atoms with Gasteiger partial charge in [0.1, 0.15) is 5.82 Å². The highest BCUT2D eigenvalue weighted by Gasteiger charge is 2.49. The molecule has 1 aromatic heterocycles. The number of piperidine rings is 1. The molecule has 2 aliphatic heterocycles. The molecule has 0 radical (unpaired) electrons. The lowest BCUT2D eigenvalue weighted by Gasteiger charge is -2.42. The van der Waals surface area contributed by atoms with Gasteiger partial charge in [0.25, 0.3) is 0 Å². The first-order chi connectivity index (χ1) is 11.3. The van der Waals surface area contributed by atoms with Gasteiger partial charge in [-0.1, -0.05) is 12.8 Å². The molecule has 23 heavy (non-hydrogen) atoms. The lowest BCUT2D eigenvalue weighted by Crippen LogP contribution is -2.53. The molecule has 0 unspecified atom stereocenters. The molecular weight excluding hydrogens is 288 g/mol. The third kappa shape index (κ3) is 2.87. The fourth-order valence-electron chi connectivity index (χ4n) is 4.75. The predicted molar refractivity (Wildman–Crippen MR) is 87.6 cm³/mol. The van der Waals surface area contributed by atoms with Crippen molar-refractivity contribution in [3.63, 3.8) is 0 Å². The van der Waals surface area contributed by atoms with Crippen molar-refractivity contribution in [1.29, 1.82) is 0 Å². The average molecular weight is 314 g/mol. The van der Waals surface area contributed by atoms with Crippen LogP contribution in [0.25, 0.3) is 0 Å². The number of likely N-dealkylation sites (tertiary alicyclic amines) is 2. The molecule has 4 rings (SSSR count). The summed E-state index contributed by atoms with van der Waals surface area (Å²) in [6.45, 7) is 3.61. The molecule has 124 valence electrons. The Bertz CT molecular complexity index is 557. The number of carbonyl (C=O) groups excluding carboxylic acids is 1. The number of hydrogen-bond acceptors (Lipinski definition) is 4. The minimum Gasteiger partial charge on any atom is -0.339 e. The van der Waals surface area contributed by atoms with Crippen molar-refractivity contribution in [1.82, 2.24) is 19.8 Å². The van der Waals surface area contributed by atoms with Gasteiger partial charge in [0, 0.05) is 31.5 Å². The molecule has 1 aromatic rings. The van der Waals surface area contributed by atoms with Gasteiger partial charge >= 0.3 is 0 Å². The van der Waals surface area contributed by atoms with E-state index in [1.54, 1.807) is 12.4 Å². The molecule has 0 N–H and O–H groups in total. The molecule has 2 saturated heterocycles. The van der Waals surface area contributed by atoms with Crippen LogP contribution in [0.1, 0.15) is 50.8 Å². The van der Waals surface area contributed by atoms with E-state index in [-0.39, 0.29) is 5.41 Å². The van der Waals surface area contributed by atoms with Crippen LogP contribution < -0.4 is 0 Å². The number of amides is 1. The largest absolute Gasteiger partial charge is 0.339 e. The van der Waals surface area contributed by atoms with E-state index in [1.807, 2.05) is 6.07 Å². The quantitative estimate of drug-likeness (QED) is 0.858. The van der Waals surface area contributed by atoms with Crippen LogP contribution in [0.15, 0.2) is 18.5 Å². The van der Waals surface area contributed by atoms with Crippen molar-refractivity contribution in [3.05, 3.63) is 24.3 Å². The molecule has 0 aromatic carbocycles. The molecule has 3 fully saturated rings. The Morgan fingerprint density at radius 3 is 2.65 bits per heavy atom. The number of aromatic nitrogens is 2. The van der Waals surface area contributed by atoms with E-state index in [9.17, 15) is 4.79 Å². The van der Waals surface area contributed by atoms with Gasteiger partial charge in [-0.2, -0.15) is 0 Å². The highest BCUT2D eigenvalue weighted by molar-refractivity contribution is 5.84. The number of nitrogens with zero attached hydrogens (tertiary/aromatic N) is 4. The highest BCUT2D eigenvalue weighted by Crippen LogP contribution is 2.42. The van der Waals surface area contributed by atoms with E-state index in [0.29, 0.717) is 11.9 Å². The van der Waals surface area contributed by atoms with Gasteiger partial charge in [-0.15, -0.1) is 0 Å². The first-order valence-electron chi connectivity index (χ1n) is 9.06. The zero-order valence-electron chi connectivity index (χ0n) is 13.8. The smallest absolute Gasteiger partial charge is 0.230 e. The summed E-state index contributed by atoms with van der Waals surface area (Å²) < 4.78 is 0. The maximum atomic E-state index is 13.2. The first kappa shape index (κ1) is 15.1. The van der Waals surface area contributed by atoms with Gasteiger partial charge in [-0.25, -0.2) is 9.97 Å². The Morgan fingerprint density at radius 2 is 1.87 bits per heavy atom. The van der Waals surface area contributed by atoms with Gasteiger partial charge in [-0.05, 0) is 44.7 Å². The van der Waals surface area contributed by atoms with Gasteiger partial charge in [-0.3, -0.25) is 9.69 Å². The monoisotopic (exact) mass is 314 g/mol. The summed E-state index contributed by atoms with van der Waals surface area (Å²) in [5.74, 6) is 1.30. The summed E-state index contributed by atoms with van der Waals surface area (Å²) in [4.78, 5) is 26.5. The van der Waals surface area contributed by atoms with Gasteiger partial charge < -0.3 is 4.90 Å². The summed E-state index contributed by atoms with van der Waals surface area (Å²) in [5.41, 5.74) is -0.129. The standard InChI is InChI=1S/C18H26N4O/c23-17-18(7-3-11-22(17)15-5-1-2-6-15)8-12-21(14-18)13-16-19-9-4-10-20-16/h4,9-10,15H,1-3,5-8,11-14H2/t18-/m1/s1. The van der Waals surface area contributed by atoms with Crippen LogP contribution >= 0.6 is 0 Å². The minimum absolute atomic E-state index is 0.129. The van der Waals surface area contributed by atoms with Crippen LogP contribution in [0.2, 0.25) is 0 Å². The van der Waals surface area contributed by atoms with Crippen molar-refractivity contribution in [2.24, 2.45) is 5.41 Å². The van der Waals surface area contributed by atoms with Crippen LogP contribution in [-0.2, 0) is 11.3 Å². The predicted octanol–water partition coefficient (Wildman–Crippen LogP) is 2.23. The third-order valence-electron chi connectivity index (χ3n) is 5.95. The summed E-state index contributed by atoms with van der Waals surface area (Å²) in [7, 11) is 0. The van der Waals surface area contributed by atoms with Crippen molar-refractivity contribution in [3.8, 4) is 0 Å². The van der Waals surface area contributed by atoms with E-state index in [1.165, 1.54) is 25.7 Å². The topological polar surface area (TPSA) is 49.3 Å². The Kier molecular flexibility index (Phi) is 4.05. The highest BCUT2D eigenvalue weighted by atomic mass is 16.2. The summed E-state index contributed by atoms with van der Waals surface area (Å²) >= 11 is 0. The number of hydrogen-bond donors (Lipinski definition) is 0. The Labute approximate surface area is 138 Å². The molecular formula is C18H26N4O. The maximum Gasteiger partial charge on any atom is 0.230 e. The van der Waals surface area contributed by atoms with E-state index in [0.717, 1.165) is 51.3 Å². The fraction of sp³-hybridized carbons (Fsp3) is 0.722. The maximum absolute atomic E-state index is 13.2. The number of rotatable bonds is 3. The van der Waals surface area contributed by atoms with Gasteiger partial charge in [0.15, 0.2) is 0 Å². The van der Waals surface area contributed by atoms with Crippen molar-refractivity contribution >= 4 is 5.91 Å². The molecule has 1 atom stereocenters. The second-order valence-electron chi connectivity index (χ2n) is 7.45. The molecule has 1 aliphatic carbocycles. The van der Waals surface area contributed by atoms with Crippen LogP contribution in [-0.4, -0.2) is 51.4 Å². The summed E-state index contributed by atoms with van der Waals surface area (Å²) in [6, 6.07) is 2.37. The lowest BCUT2D eigenvalue weighted by molar-refractivity contribution is -0.148. The third-order valence-corrected chi connectivity index (χ3v) is 5.95. The summed E-state index contributed by atoms with van der Waals surface area (Å²) in [6.07, 6.45) is 11.8. The molecule has 1 amide bonds. The second-order valence-corrected chi connectivity index (χ2v) is 7.45. The fourth-order valence-corrected chi connectivity index (χ4v) is 4.75. The zero-order valence-corrected chi connectivity index (χ0v) is 13.8. The van der Waals surface area contributed by atoms with Crippen molar-refractivity contribution < 1.29 is 4.79 Å². The molecule has 5 nitrogen and oxygen atoms in total. The SMILES string of the molecule is O=C1N(C2CCCC2)CCC[C@]12CCN(Cc1ncccn1)C2. The van der Waals surface area contributed by atoms with Crippen LogP contribution in [0, 0.1) is 5.41 Å². The Balaban J connectivity index is 1.44. The molecule has 1 saturated carbocycles. The molecule has 1 spiro atoms. The second kappa shape index (κ2) is 6.19. The lowest BCUT2D eigenvalue weighted by atomic mass is 9.77. The van der Waals surface area contributed by atoms with Crippen LogP contribution in [0.3, 0.4) is 0 Å². The summed E-state index contributed by atoms with van der Waals surface area (Å²) in [5, 5.41) is 0. The van der Waals surface area contributed by atoms with E-state index in [4.69, 9.17) is 0 Å². The average Bonchev–Trinajstić information content (AvgIpc) is 3.22. The van der Waals surface area contributed by atoms with Crippen molar-refractivity contribution in [2.45, 2.75) is 57.5 Å². The van der Waals surface area contributed by atoms with Crippen LogP contribution in [0.4, 0.5) is 0 Å². The van der Waals surface area contributed by atoms with Crippen LogP contribution in [0.5, 0.6) is 0 Å². The van der Waals surface area contributed by atoms with E-state index in [2.05, 4.69) is 19.8 Å².